The molecule has 35 heavy (non-hydrogen) atoms. The third kappa shape index (κ3) is 5.39. The molecule has 1 fully saturated rings. The number of nitrogens with one attached hydrogen (secondary N) is 1. The van der Waals surface area contributed by atoms with Crippen molar-refractivity contribution in [3.05, 3.63) is 81.2 Å². The molecule has 184 valence electrons. The minimum Gasteiger partial charge on any atom is -0.379 e. The zero-order valence-electron chi connectivity index (χ0n) is 19.4. The summed E-state index contributed by atoms with van der Waals surface area (Å²) in [5.41, 5.74) is 5.95. The maximum atomic E-state index is 12.9. The van der Waals surface area contributed by atoms with Gasteiger partial charge < -0.3 is 4.74 Å². The second-order valence-corrected chi connectivity index (χ2v) is 9.99. The van der Waals surface area contributed by atoms with E-state index in [1.54, 1.807) is 6.21 Å². The number of anilines is 1. The van der Waals surface area contributed by atoms with Crippen molar-refractivity contribution in [2.45, 2.75) is 25.3 Å². The largest absolute Gasteiger partial charge is 0.379 e. The Hall–Kier alpha value is -3.61. The van der Waals surface area contributed by atoms with Crippen molar-refractivity contribution in [3.63, 3.8) is 0 Å². The van der Waals surface area contributed by atoms with Crippen molar-refractivity contribution in [1.82, 2.24) is 14.1 Å². The topological polar surface area (TPSA) is 132 Å². The summed E-state index contributed by atoms with van der Waals surface area (Å²) in [4.78, 5) is 10.9. The van der Waals surface area contributed by atoms with Gasteiger partial charge in [-0.1, -0.05) is 30.3 Å². The van der Waals surface area contributed by atoms with E-state index in [2.05, 4.69) is 15.6 Å². The van der Waals surface area contributed by atoms with Crippen LogP contribution in [0, 0.1) is 24.0 Å². The van der Waals surface area contributed by atoms with Crippen molar-refractivity contribution >= 4 is 27.6 Å². The number of rotatable bonds is 8. The van der Waals surface area contributed by atoms with E-state index in [1.165, 1.54) is 16.4 Å². The zero-order chi connectivity index (χ0) is 25.0. The number of nitro groups is 1. The number of hydrazone groups is 1. The average molecular weight is 499 g/mol. The molecular weight excluding hydrogens is 472 g/mol. The van der Waals surface area contributed by atoms with E-state index in [-0.39, 0.29) is 42.6 Å². The number of hydrogen-bond acceptors (Lipinski definition) is 8. The normalized spacial score (nSPS) is 14.9. The van der Waals surface area contributed by atoms with Crippen LogP contribution in [0.3, 0.4) is 0 Å². The maximum absolute atomic E-state index is 12.9. The number of ether oxygens (including phenoxy) is 1. The highest BCUT2D eigenvalue weighted by atomic mass is 32.2. The molecule has 0 atom stereocenters. The zero-order valence-corrected chi connectivity index (χ0v) is 20.2. The van der Waals surface area contributed by atoms with Gasteiger partial charge in [-0.25, -0.2) is 8.42 Å². The van der Waals surface area contributed by atoms with E-state index < -0.39 is 14.9 Å². The molecule has 0 amide bonds. The number of sulfonamides is 1. The Kier molecular flexibility index (Phi) is 7.24. The van der Waals surface area contributed by atoms with Gasteiger partial charge >= 0.3 is 0 Å². The molecular formula is C23H26N6O5S. The Morgan fingerprint density at radius 3 is 2.57 bits per heavy atom. The number of nitrogens with zero attached hydrogens (tertiary/aromatic N) is 5. The van der Waals surface area contributed by atoms with Gasteiger partial charge in [0.25, 0.3) is 5.69 Å². The monoisotopic (exact) mass is 498 g/mol. The summed E-state index contributed by atoms with van der Waals surface area (Å²) in [7, 11) is -3.86. The predicted molar refractivity (Wildman–Crippen MR) is 131 cm³/mol. The smallest absolute Gasteiger partial charge is 0.295 e. The van der Waals surface area contributed by atoms with Crippen molar-refractivity contribution in [2.75, 3.05) is 31.7 Å². The number of benzene rings is 2. The molecule has 1 N–H and O–H groups in total. The number of nitro benzene ring substituents is 1. The second kappa shape index (κ2) is 10.3. The lowest BCUT2D eigenvalue weighted by atomic mass is 10.2. The number of morpholine rings is 1. The first-order valence-electron chi connectivity index (χ1n) is 11.0. The van der Waals surface area contributed by atoms with E-state index in [0.717, 1.165) is 28.6 Å². The van der Waals surface area contributed by atoms with Gasteiger partial charge in [0.2, 0.25) is 10.0 Å². The second-order valence-electron chi connectivity index (χ2n) is 8.05. The van der Waals surface area contributed by atoms with E-state index >= 15 is 0 Å². The predicted octanol–water partition coefficient (Wildman–Crippen LogP) is 2.92. The van der Waals surface area contributed by atoms with Crippen molar-refractivity contribution in [1.29, 1.82) is 0 Å². The van der Waals surface area contributed by atoms with Crippen molar-refractivity contribution in [2.24, 2.45) is 5.10 Å². The van der Waals surface area contributed by atoms with Crippen LogP contribution in [-0.4, -0.2) is 59.9 Å². The lowest BCUT2D eigenvalue weighted by Gasteiger charge is -2.26. The summed E-state index contributed by atoms with van der Waals surface area (Å²) in [6.45, 7) is 5.39. The minimum atomic E-state index is -3.86. The highest BCUT2D eigenvalue weighted by Crippen LogP contribution is 2.29. The molecule has 0 spiro atoms. The van der Waals surface area contributed by atoms with Crippen LogP contribution in [0.2, 0.25) is 0 Å². The van der Waals surface area contributed by atoms with Crippen LogP contribution in [0.25, 0.3) is 0 Å². The summed E-state index contributed by atoms with van der Waals surface area (Å²) in [5.74, 6) is 0. The molecule has 0 radical (unpaired) electrons. The molecule has 2 heterocycles. The highest BCUT2D eigenvalue weighted by Gasteiger charge is 2.28. The molecule has 0 saturated carbocycles. The lowest BCUT2D eigenvalue weighted by molar-refractivity contribution is -0.384. The molecule has 2 aromatic carbocycles. The summed E-state index contributed by atoms with van der Waals surface area (Å²) in [6, 6.07) is 13.7. The molecule has 1 aromatic heterocycles. The quantitative estimate of drug-likeness (QED) is 0.287. The fourth-order valence-electron chi connectivity index (χ4n) is 3.83. The fraction of sp³-hybridized carbons (Fsp3) is 0.304. The van der Waals surface area contributed by atoms with Crippen molar-refractivity contribution in [3.8, 4) is 0 Å². The van der Waals surface area contributed by atoms with Gasteiger partial charge in [-0.05, 0) is 31.5 Å². The Morgan fingerprint density at radius 1 is 1.17 bits per heavy atom. The molecule has 11 nitrogen and oxygen atoms in total. The van der Waals surface area contributed by atoms with Crippen molar-refractivity contribution < 1.29 is 18.1 Å². The first-order chi connectivity index (χ1) is 16.8. The van der Waals surface area contributed by atoms with Gasteiger partial charge in [-0.3, -0.25) is 20.2 Å². The molecule has 0 unspecified atom stereocenters. The Labute approximate surface area is 203 Å². The third-order valence-corrected chi connectivity index (χ3v) is 7.66. The Bertz CT molecular complexity index is 1350. The Morgan fingerprint density at radius 2 is 1.89 bits per heavy atom. The van der Waals surface area contributed by atoms with Gasteiger partial charge in [0.15, 0.2) is 0 Å². The Balaban J connectivity index is 1.54. The molecule has 0 bridgehead atoms. The number of aryl methyl sites for hydroxylation is 1. The van der Waals surface area contributed by atoms with Crippen LogP contribution in [0.15, 0.2) is 58.5 Å². The summed E-state index contributed by atoms with van der Waals surface area (Å²) >= 11 is 0. The minimum absolute atomic E-state index is 0.0826. The van der Waals surface area contributed by atoms with Crippen LogP contribution in [0.1, 0.15) is 22.5 Å². The SMILES string of the molecule is Cc1nn(Cc2ccccc2)c(C)c1/C=N/Nc1ccc(S(=O)(=O)N2CCOCC2)cc1[N+](=O)[O-]. The van der Waals surface area contributed by atoms with Crippen LogP contribution < -0.4 is 5.43 Å². The number of aromatic nitrogens is 2. The van der Waals surface area contributed by atoms with Gasteiger partial charge in [0, 0.05) is 30.4 Å². The lowest BCUT2D eigenvalue weighted by Crippen LogP contribution is -2.40. The van der Waals surface area contributed by atoms with Crippen LogP contribution in [-0.2, 0) is 21.3 Å². The molecule has 1 aliphatic rings. The van der Waals surface area contributed by atoms with Gasteiger partial charge in [-0.2, -0.15) is 14.5 Å². The fourth-order valence-corrected chi connectivity index (χ4v) is 5.26. The highest BCUT2D eigenvalue weighted by molar-refractivity contribution is 7.89. The summed E-state index contributed by atoms with van der Waals surface area (Å²) < 4.78 is 34.1. The average Bonchev–Trinajstić information content (AvgIpc) is 3.12. The van der Waals surface area contributed by atoms with E-state index in [1.807, 2.05) is 48.9 Å². The van der Waals surface area contributed by atoms with E-state index in [9.17, 15) is 18.5 Å². The first-order valence-corrected chi connectivity index (χ1v) is 12.4. The molecule has 1 saturated heterocycles. The summed E-state index contributed by atoms with van der Waals surface area (Å²) in [6.07, 6.45) is 1.56. The van der Waals surface area contributed by atoms with Crippen LogP contribution in [0.5, 0.6) is 0 Å². The molecule has 0 aliphatic carbocycles. The van der Waals surface area contributed by atoms with Gasteiger partial charge in [0.05, 0.1) is 41.5 Å². The number of hydrogen-bond donors (Lipinski definition) is 1. The van der Waals surface area contributed by atoms with E-state index in [0.29, 0.717) is 6.54 Å². The van der Waals surface area contributed by atoms with Gasteiger partial charge in [0.1, 0.15) is 5.69 Å². The molecule has 4 rings (SSSR count). The third-order valence-electron chi connectivity index (χ3n) is 5.76. The first kappa shape index (κ1) is 24.5. The molecule has 1 aliphatic heterocycles. The van der Waals surface area contributed by atoms with Gasteiger partial charge in [-0.15, -0.1) is 0 Å². The van der Waals surface area contributed by atoms with E-state index in [4.69, 9.17) is 4.74 Å². The molecule has 3 aromatic rings. The maximum Gasteiger partial charge on any atom is 0.295 e. The standard InChI is InChI=1S/C23H26N6O5S/c1-17-21(18(2)28(26-17)16-19-6-4-3-5-7-19)15-24-25-22-9-8-20(14-23(22)29(30)31)35(32,33)27-10-12-34-13-11-27/h3-9,14-15,25H,10-13,16H2,1-2H3/b24-15+. The summed E-state index contributed by atoms with van der Waals surface area (Å²) in [5, 5.41) is 20.4. The molecule has 12 heteroatoms. The van der Waals surface area contributed by atoms with Crippen LogP contribution >= 0.6 is 0 Å². The van der Waals surface area contributed by atoms with Crippen LogP contribution in [0.4, 0.5) is 11.4 Å².